The second-order valence-corrected chi connectivity index (χ2v) is 9.69. The van der Waals surface area contributed by atoms with Gasteiger partial charge in [0, 0.05) is 35.1 Å². The van der Waals surface area contributed by atoms with Crippen LogP contribution in [-0.4, -0.2) is 35.5 Å². The van der Waals surface area contributed by atoms with Gasteiger partial charge in [0.1, 0.15) is 11.5 Å². The predicted molar refractivity (Wildman–Crippen MR) is 121 cm³/mol. The maximum absolute atomic E-state index is 13.0. The molecule has 1 aromatic carbocycles. The molecule has 2 heterocycles. The van der Waals surface area contributed by atoms with Crippen molar-refractivity contribution >= 4 is 15.8 Å². The number of nitrogens with zero attached hydrogens (tertiary/aromatic N) is 3. The van der Waals surface area contributed by atoms with Crippen LogP contribution >= 0.6 is 0 Å². The van der Waals surface area contributed by atoms with Crippen molar-refractivity contribution in [2.75, 3.05) is 5.73 Å². The molecule has 5 N–H and O–H groups in total. The lowest BCUT2D eigenvalue weighted by Crippen LogP contribution is -2.43. The highest BCUT2D eigenvalue weighted by Gasteiger charge is 2.29. The molecule has 2 aromatic heterocycles. The first-order valence-electron chi connectivity index (χ1n) is 10.2. The van der Waals surface area contributed by atoms with Crippen molar-refractivity contribution in [3.63, 3.8) is 0 Å². The van der Waals surface area contributed by atoms with Crippen LogP contribution in [0.3, 0.4) is 0 Å². The molecule has 0 saturated heterocycles. The SMILES string of the molecule is Cc1cc(-c2nc(-c3cc(S(=O)(=O)N[C@H]4CCC[C@@H]4N)ccc3C)cnc2N)ccn1. The summed E-state index contributed by atoms with van der Waals surface area (Å²) in [5, 5.41) is 0. The number of aromatic nitrogens is 3. The number of hydrogen-bond donors (Lipinski definition) is 3. The summed E-state index contributed by atoms with van der Waals surface area (Å²) in [4.78, 5) is 13.4. The third-order valence-electron chi connectivity index (χ3n) is 5.64. The van der Waals surface area contributed by atoms with E-state index < -0.39 is 10.0 Å². The van der Waals surface area contributed by atoms with Crippen molar-refractivity contribution in [3.05, 3.63) is 54.0 Å². The predicted octanol–water partition coefficient (Wildman–Crippen LogP) is 2.56. The maximum atomic E-state index is 13.0. The molecule has 9 heteroatoms. The van der Waals surface area contributed by atoms with E-state index in [0.29, 0.717) is 22.8 Å². The van der Waals surface area contributed by atoms with Gasteiger partial charge >= 0.3 is 0 Å². The third-order valence-corrected chi connectivity index (χ3v) is 7.13. The Kier molecular flexibility index (Phi) is 5.74. The van der Waals surface area contributed by atoms with Crippen LogP contribution in [0, 0.1) is 13.8 Å². The lowest BCUT2D eigenvalue weighted by Gasteiger charge is -2.18. The van der Waals surface area contributed by atoms with Crippen LogP contribution in [0.25, 0.3) is 22.5 Å². The summed E-state index contributed by atoms with van der Waals surface area (Å²) in [6.45, 7) is 3.79. The van der Waals surface area contributed by atoms with Crippen molar-refractivity contribution in [1.29, 1.82) is 0 Å². The minimum atomic E-state index is -3.71. The van der Waals surface area contributed by atoms with Crippen molar-refractivity contribution in [2.24, 2.45) is 5.73 Å². The fourth-order valence-corrected chi connectivity index (χ4v) is 5.23. The zero-order valence-electron chi connectivity index (χ0n) is 17.5. The van der Waals surface area contributed by atoms with Gasteiger partial charge in [0.05, 0.1) is 16.8 Å². The van der Waals surface area contributed by atoms with Crippen LogP contribution in [0.1, 0.15) is 30.5 Å². The fraction of sp³-hybridized carbons (Fsp3) is 0.318. The molecule has 1 saturated carbocycles. The molecule has 1 aliphatic rings. The van der Waals surface area contributed by atoms with Crippen LogP contribution in [-0.2, 0) is 10.0 Å². The number of rotatable bonds is 5. The van der Waals surface area contributed by atoms with Gasteiger partial charge in [0.15, 0.2) is 0 Å². The van der Waals surface area contributed by atoms with E-state index in [1.807, 2.05) is 26.0 Å². The molecule has 0 unspecified atom stereocenters. The largest absolute Gasteiger partial charge is 0.382 e. The fourth-order valence-electron chi connectivity index (χ4n) is 3.88. The van der Waals surface area contributed by atoms with Crippen molar-refractivity contribution < 1.29 is 8.42 Å². The topological polar surface area (TPSA) is 137 Å². The summed E-state index contributed by atoms with van der Waals surface area (Å²) in [6.07, 6.45) is 5.75. The maximum Gasteiger partial charge on any atom is 0.240 e. The van der Waals surface area contributed by atoms with Gasteiger partial charge in [-0.1, -0.05) is 12.5 Å². The summed E-state index contributed by atoms with van der Waals surface area (Å²) in [6, 6.07) is 8.29. The highest BCUT2D eigenvalue weighted by atomic mass is 32.2. The second-order valence-electron chi connectivity index (χ2n) is 7.97. The molecule has 8 nitrogen and oxygen atoms in total. The minimum absolute atomic E-state index is 0.158. The van der Waals surface area contributed by atoms with Crippen LogP contribution < -0.4 is 16.2 Å². The monoisotopic (exact) mass is 438 g/mol. The Balaban J connectivity index is 1.73. The Morgan fingerprint density at radius 2 is 1.90 bits per heavy atom. The molecular weight excluding hydrogens is 412 g/mol. The first-order valence-corrected chi connectivity index (χ1v) is 11.7. The van der Waals surface area contributed by atoms with E-state index in [9.17, 15) is 8.42 Å². The number of sulfonamides is 1. The molecule has 0 amide bonds. The molecule has 0 bridgehead atoms. The van der Waals surface area contributed by atoms with Gasteiger partial charge in [-0.05, 0) is 56.5 Å². The van der Waals surface area contributed by atoms with E-state index in [1.54, 1.807) is 30.6 Å². The van der Waals surface area contributed by atoms with Gasteiger partial charge in [0.2, 0.25) is 10.0 Å². The molecule has 0 spiro atoms. The van der Waals surface area contributed by atoms with Gasteiger partial charge in [-0.25, -0.2) is 23.1 Å². The summed E-state index contributed by atoms with van der Waals surface area (Å²) >= 11 is 0. The average Bonchev–Trinajstić information content (AvgIpc) is 3.12. The molecule has 0 aliphatic heterocycles. The highest BCUT2D eigenvalue weighted by molar-refractivity contribution is 7.89. The van der Waals surface area contributed by atoms with Crippen molar-refractivity contribution in [1.82, 2.24) is 19.7 Å². The minimum Gasteiger partial charge on any atom is -0.382 e. The normalized spacial score (nSPS) is 18.9. The number of anilines is 1. The second kappa shape index (κ2) is 8.33. The number of benzene rings is 1. The van der Waals surface area contributed by atoms with Crippen molar-refractivity contribution in [2.45, 2.75) is 50.1 Å². The summed E-state index contributed by atoms with van der Waals surface area (Å²) in [7, 11) is -3.71. The zero-order chi connectivity index (χ0) is 22.2. The number of aryl methyl sites for hydroxylation is 2. The lowest BCUT2D eigenvalue weighted by molar-refractivity contribution is 0.522. The molecule has 4 rings (SSSR count). The quantitative estimate of drug-likeness (QED) is 0.557. The van der Waals surface area contributed by atoms with Gasteiger partial charge in [-0.2, -0.15) is 0 Å². The van der Waals surface area contributed by atoms with Gasteiger partial charge in [-0.15, -0.1) is 0 Å². The Bertz CT molecular complexity index is 1230. The van der Waals surface area contributed by atoms with E-state index in [0.717, 1.165) is 36.1 Å². The molecule has 1 aliphatic carbocycles. The molecule has 162 valence electrons. The smallest absolute Gasteiger partial charge is 0.240 e. The molecule has 2 atom stereocenters. The number of pyridine rings is 1. The Labute approximate surface area is 182 Å². The van der Waals surface area contributed by atoms with Gasteiger partial charge in [-0.3, -0.25) is 4.98 Å². The zero-order valence-corrected chi connectivity index (χ0v) is 18.4. The van der Waals surface area contributed by atoms with Crippen LogP contribution in [0.2, 0.25) is 0 Å². The molecule has 0 radical (unpaired) electrons. The summed E-state index contributed by atoms with van der Waals surface area (Å²) in [5.74, 6) is 0.299. The van der Waals surface area contributed by atoms with E-state index >= 15 is 0 Å². The summed E-state index contributed by atoms with van der Waals surface area (Å²) < 4.78 is 28.7. The molecule has 1 fully saturated rings. The van der Waals surface area contributed by atoms with E-state index in [1.165, 1.54) is 0 Å². The third kappa shape index (κ3) is 4.43. The first kappa shape index (κ1) is 21.4. The van der Waals surface area contributed by atoms with E-state index in [4.69, 9.17) is 16.5 Å². The van der Waals surface area contributed by atoms with Crippen LogP contribution in [0.5, 0.6) is 0 Å². The molecule has 31 heavy (non-hydrogen) atoms. The number of nitrogens with one attached hydrogen (secondary N) is 1. The highest BCUT2D eigenvalue weighted by Crippen LogP contribution is 2.30. The number of nitrogen functional groups attached to an aromatic ring is 1. The molecule has 3 aromatic rings. The van der Waals surface area contributed by atoms with Crippen LogP contribution in [0.15, 0.2) is 47.6 Å². The number of hydrogen-bond acceptors (Lipinski definition) is 7. The Hall–Kier alpha value is -2.88. The van der Waals surface area contributed by atoms with Crippen molar-refractivity contribution in [3.8, 4) is 22.5 Å². The Morgan fingerprint density at radius 3 is 2.61 bits per heavy atom. The van der Waals surface area contributed by atoms with E-state index in [2.05, 4.69) is 14.7 Å². The number of nitrogens with two attached hydrogens (primary N) is 2. The van der Waals surface area contributed by atoms with Gasteiger partial charge < -0.3 is 11.5 Å². The van der Waals surface area contributed by atoms with Gasteiger partial charge in [0.25, 0.3) is 0 Å². The van der Waals surface area contributed by atoms with Crippen LogP contribution in [0.4, 0.5) is 5.82 Å². The average molecular weight is 439 g/mol. The molecular formula is C22H26N6O2S. The lowest BCUT2D eigenvalue weighted by atomic mass is 10.1. The Morgan fingerprint density at radius 1 is 1.10 bits per heavy atom. The summed E-state index contributed by atoms with van der Waals surface area (Å²) in [5.41, 5.74) is 16.4. The first-order chi connectivity index (χ1) is 14.7. The standard InChI is InChI=1S/C22H26N6O2S/c1-13-6-7-16(31(29,30)28-19-5-3-4-18(19)23)11-17(13)20-12-26-22(24)21(27-20)15-8-9-25-14(2)10-15/h6-12,18-19,28H,3-5,23H2,1-2H3,(H2,24,26)/t18-,19-/m0/s1. The van der Waals surface area contributed by atoms with E-state index in [-0.39, 0.29) is 17.0 Å².